The van der Waals surface area contributed by atoms with Gasteiger partial charge in [0, 0.05) is 31.3 Å². The van der Waals surface area contributed by atoms with Crippen molar-refractivity contribution in [2.75, 3.05) is 26.4 Å². The highest BCUT2D eigenvalue weighted by Gasteiger charge is 2.15. The summed E-state index contributed by atoms with van der Waals surface area (Å²) in [4.78, 5) is 11.2. The standard InChI is InChI=1S/C27H36ClN3O5/c1-27(2,3)29-16-21(32)18-36-22-8-5-19(6-9-22)17-34-13-4-14-35-25-11-7-20(15-23(25)28)24-10-12-26(33)31-30-24/h5-9,11,15,21,29,32H,4,10,12-14,16-18H2,1-3H3,(H,31,33). The minimum absolute atomic E-state index is 0.0415. The van der Waals surface area contributed by atoms with E-state index < -0.39 is 6.10 Å². The molecule has 0 saturated heterocycles. The van der Waals surface area contributed by atoms with Gasteiger partial charge in [0.15, 0.2) is 0 Å². The van der Waals surface area contributed by atoms with Crippen molar-refractivity contribution in [3.8, 4) is 11.5 Å². The molecule has 36 heavy (non-hydrogen) atoms. The molecule has 0 fully saturated rings. The zero-order valence-corrected chi connectivity index (χ0v) is 21.9. The van der Waals surface area contributed by atoms with Crippen molar-refractivity contribution < 1.29 is 24.1 Å². The Bertz CT molecular complexity index is 1020. The number of hydrogen-bond donors (Lipinski definition) is 3. The van der Waals surface area contributed by atoms with Crippen LogP contribution in [-0.4, -0.2) is 54.7 Å². The highest BCUT2D eigenvalue weighted by Crippen LogP contribution is 2.27. The second-order valence-electron chi connectivity index (χ2n) is 9.73. The maximum absolute atomic E-state index is 11.2. The van der Waals surface area contributed by atoms with Crippen LogP contribution in [0.4, 0.5) is 0 Å². The lowest BCUT2D eigenvalue weighted by atomic mass is 10.0. The number of hydrogen-bond acceptors (Lipinski definition) is 7. The van der Waals surface area contributed by atoms with Gasteiger partial charge in [0.25, 0.3) is 0 Å². The number of amides is 1. The number of carbonyl (C=O) groups is 1. The first-order valence-electron chi connectivity index (χ1n) is 12.2. The fraction of sp³-hybridized carbons (Fsp3) is 0.481. The fourth-order valence-corrected chi connectivity index (χ4v) is 3.61. The zero-order chi connectivity index (χ0) is 26.0. The quantitative estimate of drug-likeness (QED) is 0.346. The number of aliphatic hydroxyl groups excluding tert-OH is 1. The largest absolute Gasteiger partial charge is 0.492 e. The number of aliphatic hydroxyl groups is 1. The summed E-state index contributed by atoms with van der Waals surface area (Å²) in [7, 11) is 0. The Morgan fingerprint density at radius 2 is 1.89 bits per heavy atom. The Morgan fingerprint density at radius 3 is 2.56 bits per heavy atom. The minimum atomic E-state index is -0.571. The van der Waals surface area contributed by atoms with Crippen molar-refractivity contribution in [2.24, 2.45) is 5.10 Å². The van der Waals surface area contributed by atoms with Crippen LogP contribution in [0.25, 0.3) is 0 Å². The molecule has 1 atom stereocenters. The van der Waals surface area contributed by atoms with Gasteiger partial charge in [0.1, 0.15) is 24.2 Å². The molecular formula is C27H36ClN3O5. The molecule has 1 heterocycles. The number of rotatable bonds is 13. The van der Waals surface area contributed by atoms with Crippen molar-refractivity contribution in [1.82, 2.24) is 10.7 Å². The van der Waals surface area contributed by atoms with Crippen molar-refractivity contribution in [1.29, 1.82) is 0 Å². The molecule has 0 spiro atoms. The molecule has 0 radical (unpaired) electrons. The van der Waals surface area contributed by atoms with Crippen LogP contribution in [-0.2, 0) is 16.1 Å². The molecule has 9 heteroatoms. The second kappa shape index (κ2) is 13.6. The van der Waals surface area contributed by atoms with E-state index in [1.54, 1.807) is 6.07 Å². The first kappa shape index (κ1) is 27.9. The van der Waals surface area contributed by atoms with Crippen LogP contribution >= 0.6 is 11.6 Å². The van der Waals surface area contributed by atoms with Gasteiger partial charge >= 0.3 is 0 Å². The van der Waals surface area contributed by atoms with Gasteiger partial charge < -0.3 is 24.6 Å². The minimum Gasteiger partial charge on any atom is -0.492 e. The predicted octanol–water partition coefficient (Wildman–Crippen LogP) is 4.07. The van der Waals surface area contributed by atoms with E-state index in [-0.39, 0.29) is 18.1 Å². The van der Waals surface area contributed by atoms with E-state index in [1.165, 1.54) is 0 Å². The third kappa shape index (κ3) is 9.78. The van der Waals surface area contributed by atoms with E-state index in [4.69, 9.17) is 25.8 Å². The number of halogens is 1. The number of ether oxygens (including phenoxy) is 3. The fourth-order valence-electron chi connectivity index (χ4n) is 3.37. The van der Waals surface area contributed by atoms with Gasteiger partial charge in [0.2, 0.25) is 5.91 Å². The molecule has 3 rings (SSSR count). The molecule has 8 nitrogen and oxygen atoms in total. The molecule has 196 valence electrons. The zero-order valence-electron chi connectivity index (χ0n) is 21.2. The highest BCUT2D eigenvalue weighted by atomic mass is 35.5. The van der Waals surface area contributed by atoms with Gasteiger partial charge in [-0.2, -0.15) is 5.10 Å². The number of hydrazone groups is 1. The van der Waals surface area contributed by atoms with E-state index in [1.807, 2.05) is 36.4 Å². The van der Waals surface area contributed by atoms with E-state index in [0.717, 1.165) is 23.3 Å². The number of carbonyl (C=O) groups excluding carboxylic acids is 1. The summed E-state index contributed by atoms with van der Waals surface area (Å²) in [6.07, 6.45) is 1.16. The summed E-state index contributed by atoms with van der Waals surface area (Å²) in [6.45, 7) is 8.41. The molecule has 2 aromatic carbocycles. The smallest absolute Gasteiger partial charge is 0.240 e. The second-order valence-corrected chi connectivity index (χ2v) is 10.1. The molecular weight excluding hydrogens is 482 g/mol. The molecule has 1 amide bonds. The maximum Gasteiger partial charge on any atom is 0.240 e. The molecule has 1 aliphatic heterocycles. The molecule has 0 aliphatic carbocycles. The topological polar surface area (TPSA) is 101 Å². The Balaban J connectivity index is 1.30. The van der Waals surface area contributed by atoms with Crippen LogP contribution in [0, 0.1) is 0 Å². The maximum atomic E-state index is 11.2. The third-order valence-corrected chi connectivity index (χ3v) is 5.66. The van der Waals surface area contributed by atoms with E-state index >= 15 is 0 Å². The summed E-state index contributed by atoms with van der Waals surface area (Å²) < 4.78 is 17.2. The molecule has 0 aromatic heterocycles. The van der Waals surface area contributed by atoms with Gasteiger partial charge in [-0.3, -0.25) is 4.79 Å². The van der Waals surface area contributed by atoms with Gasteiger partial charge in [0.05, 0.1) is 30.6 Å². The summed E-state index contributed by atoms with van der Waals surface area (Å²) in [5.41, 5.74) is 5.18. The van der Waals surface area contributed by atoms with Crippen molar-refractivity contribution in [2.45, 2.75) is 58.3 Å². The summed E-state index contributed by atoms with van der Waals surface area (Å²) in [6, 6.07) is 13.2. The first-order chi connectivity index (χ1) is 17.2. The number of nitrogens with zero attached hydrogens (tertiary/aromatic N) is 1. The molecule has 0 saturated carbocycles. The average molecular weight is 518 g/mol. The van der Waals surface area contributed by atoms with Gasteiger partial charge in [-0.25, -0.2) is 5.43 Å². The number of β-amino-alcohol motifs (C(OH)–C–C–N with tert-alkyl or cyclic N) is 1. The summed E-state index contributed by atoms with van der Waals surface area (Å²) >= 11 is 6.36. The van der Waals surface area contributed by atoms with Crippen LogP contribution < -0.4 is 20.2 Å². The van der Waals surface area contributed by atoms with Crippen molar-refractivity contribution >= 4 is 23.2 Å². The normalized spacial score (nSPS) is 14.7. The lowest BCUT2D eigenvalue weighted by Crippen LogP contribution is -2.42. The van der Waals surface area contributed by atoms with Gasteiger partial charge in [-0.1, -0.05) is 23.7 Å². The monoisotopic (exact) mass is 517 g/mol. The van der Waals surface area contributed by atoms with E-state index in [2.05, 4.69) is 36.6 Å². The Labute approximate surface area is 218 Å². The number of nitrogens with one attached hydrogen (secondary N) is 2. The summed E-state index contributed by atoms with van der Waals surface area (Å²) in [5, 5.41) is 17.9. The van der Waals surface area contributed by atoms with Crippen molar-refractivity contribution in [3.05, 3.63) is 58.6 Å². The Morgan fingerprint density at radius 1 is 1.11 bits per heavy atom. The lowest BCUT2D eigenvalue weighted by Gasteiger charge is -2.23. The average Bonchev–Trinajstić information content (AvgIpc) is 2.85. The highest BCUT2D eigenvalue weighted by molar-refractivity contribution is 6.32. The molecule has 3 N–H and O–H groups in total. The van der Waals surface area contributed by atoms with Crippen molar-refractivity contribution in [3.63, 3.8) is 0 Å². The van der Waals surface area contributed by atoms with Gasteiger partial charge in [-0.05, 0) is 62.2 Å². The first-order valence-corrected chi connectivity index (χ1v) is 12.6. The SMILES string of the molecule is CC(C)(C)NCC(O)COc1ccc(COCCCOc2ccc(C3=NNC(=O)CC3)cc2Cl)cc1. The Hall–Kier alpha value is -2.65. The van der Waals surface area contributed by atoms with Crippen LogP contribution in [0.2, 0.25) is 5.02 Å². The van der Waals surface area contributed by atoms with Crippen LogP contribution in [0.1, 0.15) is 51.2 Å². The van der Waals surface area contributed by atoms with E-state index in [0.29, 0.717) is 55.7 Å². The molecule has 1 unspecified atom stereocenters. The molecule has 1 aliphatic rings. The van der Waals surface area contributed by atoms with Gasteiger partial charge in [-0.15, -0.1) is 0 Å². The Kier molecular flexibility index (Phi) is 10.6. The van der Waals surface area contributed by atoms with E-state index in [9.17, 15) is 9.90 Å². The molecule has 0 bridgehead atoms. The number of benzene rings is 2. The lowest BCUT2D eigenvalue weighted by molar-refractivity contribution is -0.121. The van der Waals surface area contributed by atoms with Crippen LogP contribution in [0.3, 0.4) is 0 Å². The summed E-state index contributed by atoms with van der Waals surface area (Å²) in [5.74, 6) is 1.25. The predicted molar refractivity (Wildman–Crippen MR) is 141 cm³/mol. The van der Waals surface area contributed by atoms with Crippen LogP contribution in [0.15, 0.2) is 47.6 Å². The molecule has 2 aromatic rings. The van der Waals surface area contributed by atoms with Crippen LogP contribution in [0.5, 0.6) is 11.5 Å². The third-order valence-electron chi connectivity index (χ3n) is 5.36.